The second-order valence-electron chi connectivity index (χ2n) is 4.64. The quantitative estimate of drug-likeness (QED) is 0.510. The number of nitrogens with zero attached hydrogens (tertiary/aromatic N) is 4. The normalized spacial score (nSPS) is 17.0. The average Bonchev–Trinajstić information content (AvgIpc) is 2.64. The molecule has 0 spiro atoms. The summed E-state index contributed by atoms with van der Waals surface area (Å²) in [7, 11) is 0. The second kappa shape index (κ2) is 6.83. The molecule has 1 aliphatic heterocycles. The zero-order valence-corrected chi connectivity index (χ0v) is 11.8. The number of hydrogen-bond donors (Lipinski definition) is 1. The van der Waals surface area contributed by atoms with E-state index < -0.39 is 4.92 Å². The Kier molecular flexibility index (Phi) is 5.11. The Hall–Kier alpha value is -1.44. The van der Waals surface area contributed by atoms with Crippen LogP contribution in [0.25, 0.3) is 0 Å². The lowest BCUT2D eigenvalue weighted by molar-refractivity contribution is -0.384. The molecule has 0 bridgehead atoms. The third kappa shape index (κ3) is 3.56. The maximum Gasteiger partial charge on any atom is 0.311 e. The van der Waals surface area contributed by atoms with E-state index >= 15 is 0 Å². The van der Waals surface area contributed by atoms with Crippen molar-refractivity contribution in [3.05, 3.63) is 27.4 Å². The van der Waals surface area contributed by atoms with Crippen LogP contribution in [0.4, 0.5) is 11.5 Å². The molecule has 0 aromatic carbocycles. The Bertz CT molecular complexity index is 486. The zero-order valence-electron chi connectivity index (χ0n) is 11.0. The highest BCUT2D eigenvalue weighted by molar-refractivity contribution is 6.29. The number of rotatable bonds is 4. The van der Waals surface area contributed by atoms with Crippen LogP contribution in [0.2, 0.25) is 5.15 Å². The predicted molar refractivity (Wildman–Crippen MR) is 76.3 cm³/mol. The van der Waals surface area contributed by atoms with Crippen molar-refractivity contribution in [3.8, 4) is 0 Å². The number of pyridine rings is 1. The van der Waals surface area contributed by atoms with E-state index in [-0.39, 0.29) is 17.4 Å². The van der Waals surface area contributed by atoms with Gasteiger partial charge in [-0.3, -0.25) is 15.0 Å². The molecular formula is C12H17ClN4O3. The van der Waals surface area contributed by atoms with Crippen LogP contribution in [0.15, 0.2) is 12.1 Å². The van der Waals surface area contributed by atoms with Crippen LogP contribution < -0.4 is 4.90 Å². The summed E-state index contributed by atoms with van der Waals surface area (Å²) in [4.78, 5) is 18.8. The van der Waals surface area contributed by atoms with Gasteiger partial charge in [-0.25, -0.2) is 4.98 Å². The maximum atomic E-state index is 11.1. The Morgan fingerprint density at radius 2 is 2.15 bits per heavy atom. The summed E-state index contributed by atoms with van der Waals surface area (Å²) >= 11 is 5.86. The molecule has 0 amide bonds. The average molecular weight is 301 g/mol. The maximum absolute atomic E-state index is 11.1. The van der Waals surface area contributed by atoms with E-state index in [2.05, 4.69) is 9.88 Å². The van der Waals surface area contributed by atoms with Crippen molar-refractivity contribution >= 4 is 23.1 Å². The van der Waals surface area contributed by atoms with Crippen LogP contribution in [0.3, 0.4) is 0 Å². The van der Waals surface area contributed by atoms with Crippen molar-refractivity contribution in [3.63, 3.8) is 0 Å². The van der Waals surface area contributed by atoms with Crippen molar-refractivity contribution in [1.29, 1.82) is 0 Å². The molecule has 0 unspecified atom stereocenters. The molecule has 20 heavy (non-hydrogen) atoms. The van der Waals surface area contributed by atoms with Gasteiger partial charge in [0.25, 0.3) is 0 Å². The number of aromatic nitrogens is 1. The summed E-state index contributed by atoms with van der Waals surface area (Å²) < 4.78 is 0. The van der Waals surface area contributed by atoms with Gasteiger partial charge >= 0.3 is 5.69 Å². The van der Waals surface area contributed by atoms with E-state index in [9.17, 15) is 10.1 Å². The SMILES string of the molecule is O=[N+]([O-])c1ccc(Cl)nc1N1CCCN(CCO)CC1. The van der Waals surface area contributed by atoms with Crippen molar-refractivity contribution in [1.82, 2.24) is 9.88 Å². The first-order valence-corrected chi connectivity index (χ1v) is 6.88. The molecule has 7 nitrogen and oxygen atoms in total. The standard InChI is InChI=1S/C12H17ClN4O3/c13-11-3-2-10(17(19)20)12(14-11)16-5-1-4-15(6-7-16)8-9-18/h2-3,18H,1,4-9H2. The fourth-order valence-electron chi connectivity index (χ4n) is 2.34. The van der Waals surface area contributed by atoms with Gasteiger partial charge in [0.2, 0.25) is 5.82 Å². The first-order chi connectivity index (χ1) is 9.61. The van der Waals surface area contributed by atoms with E-state index in [4.69, 9.17) is 16.7 Å². The highest BCUT2D eigenvalue weighted by Crippen LogP contribution is 2.28. The van der Waals surface area contributed by atoms with Crippen LogP contribution in [-0.4, -0.2) is 59.2 Å². The lowest BCUT2D eigenvalue weighted by atomic mass is 10.3. The minimum Gasteiger partial charge on any atom is -0.395 e. The number of anilines is 1. The summed E-state index contributed by atoms with van der Waals surface area (Å²) in [5.41, 5.74) is -0.0231. The summed E-state index contributed by atoms with van der Waals surface area (Å²) in [6.45, 7) is 3.68. The number of β-amino-alcohol motifs (C(OH)–C–C–N with tert-alkyl or cyclic N) is 1. The van der Waals surface area contributed by atoms with Gasteiger partial charge in [-0.05, 0) is 19.0 Å². The monoisotopic (exact) mass is 300 g/mol. The first kappa shape index (κ1) is 15.0. The van der Waals surface area contributed by atoms with Crippen molar-refractivity contribution in [2.24, 2.45) is 0 Å². The minimum absolute atomic E-state index is 0.0231. The number of aliphatic hydroxyl groups is 1. The molecule has 1 aromatic rings. The minimum atomic E-state index is -0.435. The van der Waals surface area contributed by atoms with Crippen molar-refractivity contribution in [2.75, 3.05) is 44.2 Å². The number of nitro groups is 1. The molecule has 0 atom stereocenters. The molecule has 0 radical (unpaired) electrons. The fourth-order valence-corrected chi connectivity index (χ4v) is 2.48. The van der Waals surface area contributed by atoms with Crippen LogP contribution in [0, 0.1) is 10.1 Å². The van der Waals surface area contributed by atoms with Gasteiger partial charge in [-0.1, -0.05) is 11.6 Å². The highest BCUT2D eigenvalue weighted by atomic mass is 35.5. The van der Waals surface area contributed by atoms with Gasteiger partial charge in [0.05, 0.1) is 11.5 Å². The molecule has 2 rings (SSSR count). The third-order valence-corrected chi connectivity index (χ3v) is 3.53. The van der Waals surface area contributed by atoms with E-state index in [1.165, 1.54) is 12.1 Å². The summed E-state index contributed by atoms with van der Waals surface area (Å²) in [6, 6.07) is 2.82. The van der Waals surface area contributed by atoms with E-state index in [0.29, 0.717) is 25.5 Å². The lowest BCUT2D eigenvalue weighted by Gasteiger charge is -2.22. The Morgan fingerprint density at radius 3 is 2.85 bits per heavy atom. The van der Waals surface area contributed by atoms with E-state index in [1.807, 2.05) is 4.90 Å². The molecule has 8 heteroatoms. The van der Waals surface area contributed by atoms with Crippen molar-refractivity contribution < 1.29 is 10.0 Å². The lowest BCUT2D eigenvalue weighted by Crippen LogP contribution is -2.33. The largest absolute Gasteiger partial charge is 0.395 e. The van der Waals surface area contributed by atoms with Gasteiger partial charge < -0.3 is 10.0 Å². The van der Waals surface area contributed by atoms with E-state index in [0.717, 1.165) is 19.5 Å². The molecule has 2 heterocycles. The van der Waals surface area contributed by atoms with E-state index in [1.54, 1.807) is 0 Å². The van der Waals surface area contributed by atoms with Gasteiger partial charge in [-0.2, -0.15) is 0 Å². The topological polar surface area (TPSA) is 82.7 Å². The van der Waals surface area contributed by atoms with Gasteiger partial charge in [0.1, 0.15) is 5.15 Å². The highest BCUT2D eigenvalue weighted by Gasteiger charge is 2.23. The van der Waals surface area contributed by atoms with Crippen LogP contribution >= 0.6 is 11.6 Å². The molecule has 1 N–H and O–H groups in total. The molecule has 1 aliphatic rings. The van der Waals surface area contributed by atoms with Crippen LogP contribution in [0.5, 0.6) is 0 Å². The molecule has 1 saturated heterocycles. The Balaban J connectivity index is 2.18. The smallest absolute Gasteiger partial charge is 0.311 e. The van der Waals surface area contributed by atoms with Gasteiger partial charge in [0.15, 0.2) is 0 Å². The molecule has 110 valence electrons. The molecule has 0 aliphatic carbocycles. The zero-order chi connectivity index (χ0) is 14.5. The summed E-state index contributed by atoms with van der Waals surface area (Å²) in [5, 5.41) is 20.3. The molecule has 1 fully saturated rings. The fraction of sp³-hybridized carbons (Fsp3) is 0.583. The predicted octanol–water partition coefficient (Wildman–Crippen LogP) is 1.15. The van der Waals surface area contributed by atoms with Gasteiger partial charge in [0, 0.05) is 32.2 Å². The number of hydrogen-bond acceptors (Lipinski definition) is 6. The number of aliphatic hydroxyl groups excluding tert-OH is 1. The summed E-state index contributed by atoms with van der Waals surface area (Å²) in [5.74, 6) is 0.327. The van der Waals surface area contributed by atoms with Crippen LogP contribution in [0.1, 0.15) is 6.42 Å². The van der Waals surface area contributed by atoms with Crippen molar-refractivity contribution in [2.45, 2.75) is 6.42 Å². The number of halogens is 1. The first-order valence-electron chi connectivity index (χ1n) is 6.51. The molecule has 0 saturated carbocycles. The second-order valence-corrected chi connectivity index (χ2v) is 5.03. The van der Waals surface area contributed by atoms with Gasteiger partial charge in [-0.15, -0.1) is 0 Å². The summed E-state index contributed by atoms with van der Waals surface area (Å²) in [6.07, 6.45) is 0.866. The third-order valence-electron chi connectivity index (χ3n) is 3.32. The Morgan fingerprint density at radius 1 is 1.35 bits per heavy atom. The van der Waals surface area contributed by atoms with Crippen LogP contribution in [-0.2, 0) is 0 Å². The molecule has 1 aromatic heterocycles. The Labute approximate surface area is 121 Å². The molecular weight excluding hydrogens is 284 g/mol.